The third-order valence-corrected chi connectivity index (χ3v) is 3.90. The molecule has 6 nitrogen and oxygen atoms in total. The molecule has 1 atom stereocenters. The van der Waals surface area contributed by atoms with Crippen molar-refractivity contribution in [2.45, 2.75) is 72.8 Å². The van der Waals surface area contributed by atoms with E-state index in [1.807, 2.05) is 34.7 Å². The van der Waals surface area contributed by atoms with Gasteiger partial charge < -0.3 is 16.0 Å². The van der Waals surface area contributed by atoms with Crippen LogP contribution in [0.15, 0.2) is 0 Å². The number of carbonyl (C=O) groups excluding carboxylic acids is 2. The third kappa shape index (κ3) is 12.8. The summed E-state index contributed by atoms with van der Waals surface area (Å²) in [6.07, 6.45) is 4.61. The Morgan fingerprint density at radius 2 is 1.64 bits per heavy atom. The second-order valence-corrected chi connectivity index (χ2v) is 5.49. The van der Waals surface area contributed by atoms with Gasteiger partial charge in [-0.1, -0.05) is 41.0 Å². The van der Waals surface area contributed by atoms with Crippen LogP contribution in [0.25, 0.3) is 0 Å². The average molecular weight is 359 g/mol. The highest BCUT2D eigenvalue weighted by atomic mass is 16.2. The van der Waals surface area contributed by atoms with Crippen molar-refractivity contribution in [3.05, 3.63) is 0 Å². The van der Waals surface area contributed by atoms with Gasteiger partial charge in [0.1, 0.15) is 0 Å². The van der Waals surface area contributed by atoms with Crippen LogP contribution in [0, 0.1) is 0 Å². The molecule has 0 bridgehead atoms. The first-order valence-corrected chi connectivity index (χ1v) is 10.1. The molecule has 1 fully saturated rings. The lowest BCUT2D eigenvalue weighted by Gasteiger charge is -2.33. The zero-order chi connectivity index (χ0) is 19.5. The summed E-state index contributed by atoms with van der Waals surface area (Å²) in [7, 11) is 1.87. The summed E-state index contributed by atoms with van der Waals surface area (Å²) in [6.45, 7) is 13.9. The number of nitrogens with one attached hydrogen (secondary N) is 3. The molecule has 2 amide bonds. The van der Waals surface area contributed by atoms with Gasteiger partial charge in [0.25, 0.3) is 0 Å². The van der Waals surface area contributed by atoms with Gasteiger partial charge in [-0.05, 0) is 45.9 Å². The van der Waals surface area contributed by atoms with Gasteiger partial charge in [-0.3, -0.25) is 14.5 Å². The van der Waals surface area contributed by atoms with Gasteiger partial charge in [-0.15, -0.1) is 0 Å². The molecule has 0 aliphatic carbocycles. The summed E-state index contributed by atoms with van der Waals surface area (Å²) >= 11 is 0. The van der Waals surface area contributed by atoms with Crippen molar-refractivity contribution in [2.75, 3.05) is 39.8 Å². The van der Waals surface area contributed by atoms with Gasteiger partial charge in [0, 0.05) is 19.5 Å². The molecule has 25 heavy (non-hydrogen) atoms. The fraction of sp³-hybridized carbons (Fsp3) is 0.895. The number of rotatable bonds is 9. The van der Waals surface area contributed by atoms with Crippen molar-refractivity contribution >= 4 is 11.8 Å². The van der Waals surface area contributed by atoms with Crippen molar-refractivity contribution in [3.63, 3.8) is 0 Å². The largest absolute Gasteiger partial charge is 0.354 e. The zero-order valence-corrected chi connectivity index (χ0v) is 17.4. The molecule has 0 aromatic carbocycles. The summed E-state index contributed by atoms with van der Waals surface area (Å²) in [6, 6.07) is 0.00933. The van der Waals surface area contributed by atoms with Gasteiger partial charge in [-0.25, -0.2) is 0 Å². The van der Waals surface area contributed by atoms with E-state index in [0.717, 1.165) is 38.9 Å². The standard InChI is InChI=1S/C15H30N4O2.2C2H6/c1-3-19-12-5-4-7-13(19)15(21)18-11-10-17-14(20)8-6-9-16-2;2*1-2/h13,16H,3-12H2,1-2H3,(H,17,20)(H,18,21);2*1-2H3. The summed E-state index contributed by atoms with van der Waals surface area (Å²) in [5.41, 5.74) is 0. The Balaban J connectivity index is 0. The molecule has 3 N–H and O–H groups in total. The second-order valence-electron chi connectivity index (χ2n) is 5.49. The van der Waals surface area contributed by atoms with Crippen LogP contribution in [-0.4, -0.2) is 62.5 Å². The topological polar surface area (TPSA) is 73.5 Å². The van der Waals surface area contributed by atoms with Crippen LogP contribution in [0.4, 0.5) is 0 Å². The van der Waals surface area contributed by atoms with Crippen molar-refractivity contribution in [1.29, 1.82) is 0 Å². The monoisotopic (exact) mass is 358 g/mol. The van der Waals surface area contributed by atoms with Crippen LogP contribution in [0.5, 0.6) is 0 Å². The Labute approximate surface area is 155 Å². The summed E-state index contributed by atoms with van der Waals surface area (Å²) in [5, 5.41) is 8.77. The second kappa shape index (κ2) is 19.2. The van der Waals surface area contributed by atoms with E-state index in [2.05, 4.69) is 27.8 Å². The first kappa shape index (κ1) is 26.1. The predicted octanol–water partition coefficient (Wildman–Crippen LogP) is 2.15. The van der Waals surface area contributed by atoms with Gasteiger partial charge in [-0.2, -0.15) is 0 Å². The molecule has 6 heteroatoms. The molecule has 0 aromatic rings. The summed E-state index contributed by atoms with van der Waals surface area (Å²) in [5.74, 6) is 0.147. The highest BCUT2D eigenvalue weighted by Gasteiger charge is 2.26. The number of likely N-dealkylation sites (N-methyl/N-ethyl adjacent to an activating group) is 1. The molecule has 1 unspecified atom stereocenters. The number of amides is 2. The quantitative estimate of drug-likeness (QED) is 0.552. The molecule has 1 saturated heterocycles. The normalized spacial score (nSPS) is 16.6. The maximum atomic E-state index is 12.1. The molecule has 1 rings (SSSR count). The fourth-order valence-corrected chi connectivity index (χ4v) is 2.69. The zero-order valence-electron chi connectivity index (χ0n) is 17.4. The van der Waals surface area contributed by atoms with E-state index in [1.54, 1.807) is 0 Å². The van der Waals surface area contributed by atoms with Gasteiger partial charge >= 0.3 is 0 Å². The van der Waals surface area contributed by atoms with Crippen LogP contribution >= 0.6 is 0 Å². The average Bonchev–Trinajstić information content (AvgIpc) is 2.68. The highest BCUT2D eigenvalue weighted by Crippen LogP contribution is 2.16. The van der Waals surface area contributed by atoms with Gasteiger partial charge in [0.2, 0.25) is 11.8 Å². The fourth-order valence-electron chi connectivity index (χ4n) is 2.69. The maximum absolute atomic E-state index is 12.1. The molecule has 150 valence electrons. The predicted molar refractivity (Wildman–Crippen MR) is 107 cm³/mol. The van der Waals surface area contributed by atoms with E-state index < -0.39 is 0 Å². The summed E-state index contributed by atoms with van der Waals surface area (Å²) < 4.78 is 0. The number of hydrogen-bond donors (Lipinski definition) is 3. The van der Waals surface area contributed by atoms with E-state index in [9.17, 15) is 9.59 Å². The maximum Gasteiger partial charge on any atom is 0.237 e. The van der Waals surface area contributed by atoms with Gasteiger partial charge in [0.15, 0.2) is 0 Å². The van der Waals surface area contributed by atoms with E-state index in [-0.39, 0.29) is 17.9 Å². The van der Waals surface area contributed by atoms with Crippen molar-refractivity contribution < 1.29 is 9.59 Å². The SMILES string of the molecule is CC.CC.CCN1CCCCC1C(=O)NCCNC(=O)CCCNC. The number of nitrogens with zero attached hydrogens (tertiary/aromatic N) is 1. The van der Waals surface area contributed by atoms with E-state index in [1.165, 1.54) is 6.42 Å². The van der Waals surface area contributed by atoms with Crippen molar-refractivity contribution in [3.8, 4) is 0 Å². The van der Waals surface area contributed by atoms with E-state index >= 15 is 0 Å². The third-order valence-electron chi connectivity index (χ3n) is 3.90. The molecule has 1 aliphatic heterocycles. The van der Waals surface area contributed by atoms with Crippen LogP contribution in [-0.2, 0) is 9.59 Å². The molecular weight excluding hydrogens is 316 g/mol. The summed E-state index contributed by atoms with van der Waals surface area (Å²) in [4.78, 5) is 25.9. The minimum Gasteiger partial charge on any atom is -0.354 e. The van der Waals surface area contributed by atoms with E-state index in [4.69, 9.17) is 0 Å². The number of likely N-dealkylation sites (tertiary alicyclic amines) is 1. The van der Waals surface area contributed by atoms with Crippen molar-refractivity contribution in [2.24, 2.45) is 0 Å². The molecule has 0 spiro atoms. The molecule has 1 aliphatic rings. The Morgan fingerprint density at radius 1 is 1.00 bits per heavy atom. The van der Waals surface area contributed by atoms with Crippen LogP contribution in [0.2, 0.25) is 0 Å². The first-order chi connectivity index (χ1) is 12.2. The smallest absolute Gasteiger partial charge is 0.237 e. The first-order valence-electron chi connectivity index (χ1n) is 10.1. The molecule has 0 radical (unpaired) electrons. The Morgan fingerprint density at radius 3 is 2.24 bits per heavy atom. The van der Waals surface area contributed by atoms with Crippen LogP contribution in [0.3, 0.4) is 0 Å². The Bertz CT molecular complexity index is 325. The van der Waals surface area contributed by atoms with Crippen molar-refractivity contribution in [1.82, 2.24) is 20.9 Å². The minimum atomic E-state index is 0.00933. The number of carbonyl (C=O) groups is 2. The lowest BCUT2D eigenvalue weighted by molar-refractivity contribution is -0.128. The van der Waals surface area contributed by atoms with E-state index in [0.29, 0.717) is 19.5 Å². The molecule has 1 heterocycles. The van der Waals surface area contributed by atoms with Crippen LogP contribution in [0.1, 0.15) is 66.7 Å². The Hall–Kier alpha value is -1.14. The molecular formula is C19H42N4O2. The molecule has 0 aromatic heterocycles. The molecule has 0 saturated carbocycles. The number of piperidine rings is 1. The Kier molecular flexibility index (Phi) is 20.0. The van der Waals surface area contributed by atoms with Gasteiger partial charge in [0.05, 0.1) is 6.04 Å². The number of hydrogen-bond acceptors (Lipinski definition) is 4. The lowest BCUT2D eigenvalue weighted by atomic mass is 10.0. The lowest BCUT2D eigenvalue weighted by Crippen LogP contribution is -2.50. The highest BCUT2D eigenvalue weighted by molar-refractivity contribution is 5.82. The minimum absolute atomic E-state index is 0.00933. The van der Waals surface area contributed by atoms with Crippen LogP contribution < -0.4 is 16.0 Å².